The first kappa shape index (κ1) is 15.0. The maximum Gasteiger partial charge on any atom is 0.245 e. The van der Waals surface area contributed by atoms with E-state index in [-0.39, 0.29) is 5.41 Å². The van der Waals surface area contributed by atoms with Crippen LogP contribution in [0, 0.1) is 5.41 Å². The van der Waals surface area contributed by atoms with Crippen LogP contribution in [0.1, 0.15) is 20.8 Å². The number of nitrogen functional groups attached to an aromatic ring is 2. The molecule has 4 nitrogen and oxygen atoms in total. The molecule has 2 aromatic carbocycles. The molecule has 112 valence electrons. The van der Waals surface area contributed by atoms with Gasteiger partial charge in [0.1, 0.15) is 11.5 Å². The van der Waals surface area contributed by atoms with Gasteiger partial charge in [0, 0.05) is 28.9 Å². The van der Waals surface area contributed by atoms with Gasteiger partial charge in [0.25, 0.3) is 0 Å². The molecule has 0 aliphatic carbocycles. The Morgan fingerprint density at radius 2 is 1.24 bits per heavy atom. The second-order valence-corrected chi connectivity index (χ2v) is 6.08. The average Bonchev–Trinajstić information content (AvgIpc) is 2.37. The van der Waals surface area contributed by atoms with E-state index < -0.39 is 6.29 Å². The summed E-state index contributed by atoms with van der Waals surface area (Å²) >= 11 is 0. The Hall–Kier alpha value is -2.36. The summed E-state index contributed by atoms with van der Waals surface area (Å²) < 4.78 is 11.9. The summed E-state index contributed by atoms with van der Waals surface area (Å²) in [5.41, 5.74) is 12.7. The van der Waals surface area contributed by atoms with E-state index >= 15 is 0 Å². The van der Waals surface area contributed by atoms with E-state index in [9.17, 15) is 0 Å². The summed E-state index contributed by atoms with van der Waals surface area (Å²) in [5.74, 6) is 1.36. The minimum Gasteiger partial charge on any atom is -0.454 e. The van der Waals surface area contributed by atoms with Crippen LogP contribution in [0.2, 0.25) is 0 Å². The molecule has 4 heteroatoms. The van der Waals surface area contributed by atoms with Crippen LogP contribution >= 0.6 is 0 Å². The minimum atomic E-state index is -0.457. The molecule has 0 fully saturated rings. The molecule has 0 amide bonds. The van der Waals surface area contributed by atoms with Crippen molar-refractivity contribution in [2.75, 3.05) is 11.5 Å². The first-order chi connectivity index (χ1) is 9.84. The lowest BCUT2D eigenvalue weighted by atomic mass is 9.96. The molecule has 0 saturated heterocycles. The zero-order chi connectivity index (χ0) is 15.5. The van der Waals surface area contributed by atoms with Gasteiger partial charge in [-0.15, -0.1) is 0 Å². The zero-order valence-electron chi connectivity index (χ0n) is 12.7. The third-order valence-electron chi connectivity index (χ3n) is 2.91. The van der Waals surface area contributed by atoms with Crippen molar-refractivity contribution in [3.8, 4) is 11.5 Å². The summed E-state index contributed by atoms with van der Waals surface area (Å²) in [6.07, 6.45) is -0.457. The fraction of sp³-hybridized carbons (Fsp3) is 0.294. The maximum atomic E-state index is 5.96. The molecule has 21 heavy (non-hydrogen) atoms. The van der Waals surface area contributed by atoms with Crippen molar-refractivity contribution in [2.24, 2.45) is 5.41 Å². The third-order valence-corrected chi connectivity index (χ3v) is 2.91. The maximum absolute atomic E-state index is 5.96. The smallest absolute Gasteiger partial charge is 0.245 e. The standard InChI is InChI=1S/C17H22N2O2/c1-17(2,3)16(20-14-8-4-6-12(18)10-14)21-15-9-5-7-13(19)11-15/h4-11,16H,18-19H2,1-3H3. The monoisotopic (exact) mass is 286 g/mol. The largest absolute Gasteiger partial charge is 0.454 e. The van der Waals surface area contributed by atoms with E-state index in [0.29, 0.717) is 22.9 Å². The van der Waals surface area contributed by atoms with Crippen molar-refractivity contribution in [1.82, 2.24) is 0 Å². The van der Waals surface area contributed by atoms with Crippen molar-refractivity contribution in [1.29, 1.82) is 0 Å². The topological polar surface area (TPSA) is 70.5 Å². The van der Waals surface area contributed by atoms with Crippen molar-refractivity contribution in [2.45, 2.75) is 27.1 Å². The Balaban J connectivity index is 2.19. The van der Waals surface area contributed by atoms with E-state index in [0.717, 1.165) is 0 Å². The lowest BCUT2D eigenvalue weighted by Crippen LogP contribution is -2.37. The minimum absolute atomic E-state index is 0.213. The van der Waals surface area contributed by atoms with Gasteiger partial charge < -0.3 is 20.9 Å². The molecule has 0 bridgehead atoms. The molecule has 0 heterocycles. The number of anilines is 2. The fourth-order valence-electron chi connectivity index (χ4n) is 1.80. The SMILES string of the molecule is CC(C)(C)C(Oc1cccc(N)c1)Oc1cccc(N)c1. The van der Waals surface area contributed by atoms with E-state index in [1.807, 2.05) is 36.4 Å². The Morgan fingerprint density at radius 1 is 0.810 bits per heavy atom. The van der Waals surface area contributed by atoms with E-state index in [1.165, 1.54) is 0 Å². The van der Waals surface area contributed by atoms with Crippen molar-refractivity contribution in [3.05, 3.63) is 48.5 Å². The number of hydrogen-bond donors (Lipinski definition) is 2. The molecule has 4 N–H and O–H groups in total. The predicted octanol–water partition coefficient (Wildman–Crippen LogP) is 3.68. The van der Waals surface area contributed by atoms with Gasteiger partial charge in [0.2, 0.25) is 6.29 Å². The molecule has 0 aliphatic rings. The molecular formula is C17H22N2O2. The number of hydrogen-bond acceptors (Lipinski definition) is 4. The normalized spacial score (nSPS) is 11.4. The Bertz CT molecular complexity index is 558. The Kier molecular flexibility index (Phi) is 4.26. The Labute approximate surface area is 125 Å². The lowest BCUT2D eigenvalue weighted by Gasteiger charge is -2.31. The van der Waals surface area contributed by atoms with Crippen LogP contribution in [0.3, 0.4) is 0 Å². The fourth-order valence-corrected chi connectivity index (χ4v) is 1.80. The molecule has 2 rings (SSSR count). The summed E-state index contributed by atoms with van der Waals surface area (Å²) in [6.45, 7) is 6.16. The van der Waals surface area contributed by atoms with Crippen molar-refractivity contribution in [3.63, 3.8) is 0 Å². The van der Waals surface area contributed by atoms with Crippen LogP contribution in [0.15, 0.2) is 48.5 Å². The van der Waals surface area contributed by atoms with Crippen molar-refractivity contribution < 1.29 is 9.47 Å². The molecule has 0 saturated carbocycles. The second kappa shape index (κ2) is 5.95. The van der Waals surface area contributed by atoms with Gasteiger partial charge in [-0.25, -0.2) is 0 Å². The highest BCUT2D eigenvalue weighted by molar-refractivity contribution is 5.44. The average molecular weight is 286 g/mol. The molecular weight excluding hydrogens is 264 g/mol. The summed E-state index contributed by atoms with van der Waals surface area (Å²) in [5, 5.41) is 0. The highest BCUT2D eigenvalue weighted by Crippen LogP contribution is 2.29. The number of benzene rings is 2. The van der Waals surface area contributed by atoms with Crippen molar-refractivity contribution >= 4 is 11.4 Å². The van der Waals surface area contributed by atoms with Gasteiger partial charge in [0.15, 0.2) is 0 Å². The highest BCUT2D eigenvalue weighted by Gasteiger charge is 2.29. The van der Waals surface area contributed by atoms with Crippen LogP contribution in [-0.2, 0) is 0 Å². The highest BCUT2D eigenvalue weighted by atomic mass is 16.7. The predicted molar refractivity (Wildman–Crippen MR) is 86.2 cm³/mol. The quantitative estimate of drug-likeness (QED) is 0.664. The van der Waals surface area contributed by atoms with Crippen LogP contribution in [0.4, 0.5) is 11.4 Å². The van der Waals surface area contributed by atoms with Gasteiger partial charge in [-0.3, -0.25) is 0 Å². The summed E-state index contributed by atoms with van der Waals surface area (Å²) in [6, 6.07) is 14.6. The molecule has 0 atom stereocenters. The number of ether oxygens (including phenoxy) is 2. The molecule has 0 spiro atoms. The molecule has 0 aromatic heterocycles. The van der Waals surface area contributed by atoms with Gasteiger partial charge in [0.05, 0.1) is 0 Å². The van der Waals surface area contributed by atoms with Gasteiger partial charge in [-0.1, -0.05) is 32.9 Å². The van der Waals surface area contributed by atoms with Crippen LogP contribution in [0.25, 0.3) is 0 Å². The van der Waals surface area contributed by atoms with E-state index in [2.05, 4.69) is 20.8 Å². The molecule has 2 aromatic rings. The summed E-state index contributed by atoms with van der Waals surface area (Å²) in [4.78, 5) is 0. The number of rotatable bonds is 4. The second-order valence-electron chi connectivity index (χ2n) is 6.08. The first-order valence-corrected chi connectivity index (χ1v) is 6.89. The summed E-state index contributed by atoms with van der Waals surface area (Å²) in [7, 11) is 0. The Morgan fingerprint density at radius 3 is 1.57 bits per heavy atom. The van der Waals surface area contributed by atoms with Crippen LogP contribution < -0.4 is 20.9 Å². The first-order valence-electron chi connectivity index (χ1n) is 6.89. The van der Waals surface area contributed by atoms with Gasteiger partial charge in [-0.2, -0.15) is 0 Å². The molecule has 0 unspecified atom stereocenters. The third kappa shape index (κ3) is 4.31. The molecule has 0 aliphatic heterocycles. The van der Waals surface area contributed by atoms with Crippen LogP contribution in [-0.4, -0.2) is 6.29 Å². The zero-order valence-corrected chi connectivity index (χ0v) is 12.7. The van der Waals surface area contributed by atoms with Gasteiger partial charge in [-0.05, 0) is 24.3 Å². The van der Waals surface area contributed by atoms with E-state index in [4.69, 9.17) is 20.9 Å². The molecule has 0 radical (unpaired) electrons. The van der Waals surface area contributed by atoms with E-state index in [1.54, 1.807) is 12.1 Å². The lowest BCUT2D eigenvalue weighted by molar-refractivity contribution is -0.0726. The number of nitrogens with two attached hydrogens (primary N) is 2. The van der Waals surface area contributed by atoms with Gasteiger partial charge >= 0.3 is 0 Å². The van der Waals surface area contributed by atoms with Crippen LogP contribution in [0.5, 0.6) is 11.5 Å².